The minimum Gasteiger partial charge on any atom is -0.340 e. The Kier molecular flexibility index (Phi) is 3.48. The van der Waals surface area contributed by atoms with E-state index in [0.29, 0.717) is 11.9 Å². The van der Waals surface area contributed by atoms with Gasteiger partial charge in [-0.15, -0.1) is 0 Å². The molecule has 0 amide bonds. The van der Waals surface area contributed by atoms with Gasteiger partial charge in [0.2, 0.25) is 5.89 Å². The summed E-state index contributed by atoms with van der Waals surface area (Å²) in [5, 5.41) is 10.4. The van der Waals surface area contributed by atoms with Crippen molar-refractivity contribution < 1.29 is 4.52 Å². The minimum atomic E-state index is 0.603. The van der Waals surface area contributed by atoms with Gasteiger partial charge in [-0.2, -0.15) is 4.98 Å². The quantitative estimate of drug-likeness (QED) is 0.707. The monoisotopic (exact) mass is 196 g/mol. The highest BCUT2D eigenvalue weighted by Crippen LogP contribution is 2.01. The predicted molar refractivity (Wildman–Crippen MR) is 51.9 cm³/mol. The van der Waals surface area contributed by atoms with Crippen molar-refractivity contribution >= 4 is 0 Å². The Morgan fingerprint density at radius 2 is 2.64 bits per heavy atom. The van der Waals surface area contributed by atoms with Crippen LogP contribution in [0.2, 0.25) is 0 Å². The lowest BCUT2D eigenvalue weighted by Crippen LogP contribution is -2.43. The zero-order valence-corrected chi connectivity index (χ0v) is 8.20. The van der Waals surface area contributed by atoms with Gasteiger partial charge in [-0.1, -0.05) is 5.16 Å². The zero-order chi connectivity index (χ0) is 9.64. The molecule has 0 aromatic carbocycles. The molecule has 1 fully saturated rings. The minimum absolute atomic E-state index is 0.603. The first-order chi connectivity index (χ1) is 6.95. The van der Waals surface area contributed by atoms with Crippen LogP contribution < -0.4 is 10.6 Å². The van der Waals surface area contributed by atoms with Crippen LogP contribution in [0.15, 0.2) is 10.9 Å². The fourth-order valence-corrected chi connectivity index (χ4v) is 1.72. The molecule has 2 rings (SSSR count). The fraction of sp³-hybridized carbons (Fsp3) is 0.778. The van der Waals surface area contributed by atoms with Crippen LogP contribution in [0, 0.1) is 0 Å². The first-order valence-electron chi connectivity index (χ1n) is 5.15. The van der Waals surface area contributed by atoms with E-state index in [-0.39, 0.29) is 0 Å². The van der Waals surface area contributed by atoms with Gasteiger partial charge in [0.15, 0.2) is 6.33 Å². The van der Waals surface area contributed by atoms with Crippen LogP contribution in [0.5, 0.6) is 0 Å². The van der Waals surface area contributed by atoms with E-state index in [9.17, 15) is 0 Å². The Balaban J connectivity index is 1.62. The fourth-order valence-electron chi connectivity index (χ4n) is 1.72. The van der Waals surface area contributed by atoms with Crippen molar-refractivity contribution in [2.24, 2.45) is 0 Å². The molecule has 1 atom stereocenters. The second-order valence-corrected chi connectivity index (χ2v) is 3.58. The molecular formula is C9H16N4O. The van der Waals surface area contributed by atoms with Gasteiger partial charge in [0.05, 0.1) is 0 Å². The topological polar surface area (TPSA) is 63.0 Å². The molecule has 1 aromatic rings. The molecule has 2 heterocycles. The van der Waals surface area contributed by atoms with E-state index < -0.39 is 0 Å². The highest BCUT2D eigenvalue weighted by Gasteiger charge is 2.11. The summed E-state index contributed by atoms with van der Waals surface area (Å²) >= 11 is 0. The van der Waals surface area contributed by atoms with Gasteiger partial charge in [0.25, 0.3) is 0 Å². The number of rotatable bonds is 4. The molecule has 1 aliphatic heterocycles. The molecule has 0 radical (unpaired) electrons. The maximum absolute atomic E-state index is 4.91. The van der Waals surface area contributed by atoms with Gasteiger partial charge < -0.3 is 15.2 Å². The normalized spacial score (nSPS) is 22.4. The summed E-state index contributed by atoms with van der Waals surface area (Å²) in [4.78, 5) is 3.97. The molecule has 2 N–H and O–H groups in total. The Labute approximate surface area is 83.3 Å². The Bertz CT molecular complexity index is 243. The molecule has 0 bridgehead atoms. The lowest BCUT2D eigenvalue weighted by molar-refractivity contribution is 0.357. The van der Waals surface area contributed by atoms with Gasteiger partial charge in [0, 0.05) is 25.6 Å². The second kappa shape index (κ2) is 5.07. The zero-order valence-electron chi connectivity index (χ0n) is 8.20. The SMILES string of the molecule is c1noc(CCNC2CCCNC2)n1. The average Bonchev–Trinajstić information content (AvgIpc) is 2.72. The van der Waals surface area contributed by atoms with E-state index in [1.54, 1.807) is 0 Å². The van der Waals surface area contributed by atoms with Crippen molar-refractivity contribution in [1.29, 1.82) is 0 Å². The smallest absolute Gasteiger partial charge is 0.227 e. The van der Waals surface area contributed by atoms with Crippen molar-refractivity contribution in [2.45, 2.75) is 25.3 Å². The maximum Gasteiger partial charge on any atom is 0.227 e. The summed E-state index contributed by atoms with van der Waals surface area (Å²) in [6.45, 7) is 3.14. The van der Waals surface area contributed by atoms with E-state index in [0.717, 1.165) is 26.1 Å². The number of piperidine rings is 1. The Morgan fingerprint density at radius 3 is 3.36 bits per heavy atom. The van der Waals surface area contributed by atoms with E-state index in [1.165, 1.54) is 19.2 Å². The molecule has 1 unspecified atom stereocenters. The third kappa shape index (κ3) is 2.78. The lowest BCUT2D eigenvalue weighted by Gasteiger charge is -2.23. The second-order valence-electron chi connectivity index (χ2n) is 3.58. The Morgan fingerprint density at radius 1 is 1.64 bits per heavy atom. The van der Waals surface area contributed by atoms with Crippen LogP contribution >= 0.6 is 0 Å². The number of hydrogen-bond acceptors (Lipinski definition) is 5. The van der Waals surface area contributed by atoms with Crippen LogP contribution in [-0.4, -0.2) is 35.8 Å². The number of aromatic nitrogens is 2. The van der Waals surface area contributed by atoms with Crippen molar-refractivity contribution in [3.8, 4) is 0 Å². The molecule has 0 aliphatic carbocycles. The third-order valence-electron chi connectivity index (χ3n) is 2.48. The summed E-state index contributed by atoms with van der Waals surface area (Å²) in [5.41, 5.74) is 0. The van der Waals surface area contributed by atoms with Crippen LogP contribution in [0.1, 0.15) is 18.7 Å². The van der Waals surface area contributed by atoms with Crippen molar-refractivity contribution in [3.63, 3.8) is 0 Å². The van der Waals surface area contributed by atoms with Gasteiger partial charge in [-0.05, 0) is 19.4 Å². The number of nitrogens with zero attached hydrogens (tertiary/aromatic N) is 2. The van der Waals surface area contributed by atoms with Gasteiger partial charge >= 0.3 is 0 Å². The molecule has 78 valence electrons. The molecule has 1 saturated heterocycles. The first-order valence-corrected chi connectivity index (χ1v) is 5.15. The molecule has 0 saturated carbocycles. The summed E-state index contributed by atoms with van der Waals surface area (Å²) in [6, 6.07) is 0.603. The Hall–Kier alpha value is -0.940. The summed E-state index contributed by atoms with van der Waals surface area (Å²) in [6.07, 6.45) is 4.78. The van der Waals surface area contributed by atoms with Crippen LogP contribution in [0.25, 0.3) is 0 Å². The van der Waals surface area contributed by atoms with Crippen LogP contribution in [0.4, 0.5) is 0 Å². The molecule has 1 aromatic heterocycles. The summed E-state index contributed by atoms with van der Waals surface area (Å²) in [5.74, 6) is 0.710. The highest BCUT2D eigenvalue weighted by molar-refractivity contribution is 4.79. The van der Waals surface area contributed by atoms with Crippen molar-refractivity contribution in [3.05, 3.63) is 12.2 Å². The summed E-state index contributed by atoms with van der Waals surface area (Å²) in [7, 11) is 0. The molecule has 5 heteroatoms. The third-order valence-corrected chi connectivity index (χ3v) is 2.48. The van der Waals surface area contributed by atoms with Crippen LogP contribution in [0.3, 0.4) is 0 Å². The largest absolute Gasteiger partial charge is 0.340 e. The lowest BCUT2D eigenvalue weighted by atomic mass is 10.1. The van der Waals surface area contributed by atoms with E-state index in [1.807, 2.05) is 0 Å². The van der Waals surface area contributed by atoms with E-state index >= 15 is 0 Å². The highest BCUT2D eigenvalue weighted by atomic mass is 16.5. The molecule has 5 nitrogen and oxygen atoms in total. The van der Waals surface area contributed by atoms with Crippen molar-refractivity contribution in [1.82, 2.24) is 20.8 Å². The van der Waals surface area contributed by atoms with E-state index in [2.05, 4.69) is 20.8 Å². The molecule has 0 spiro atoms. The predicted octanol–water partition coefficient (Wildman–Crippen LogP) is -0.0463. The maximum atomic E-state index is 4.91. The molecule has 14 heavy (non-hydrogen) atoms. The van der Waals surface area contributed by atoms with Crippen molar-refractivity contribution in [2.75, 3.05) is 19.6 Å². The number of nitrogens with one attached hydrogen (secondary N) is 2. The standard InChI is InChI=1S/C9H16N4O/c1-2-8(6-10-4-1)11-5-3-9-12-7-13-14-9/h7-8,10-11H,1-6H2. The van der Waals surface area contributed by atoms with Gasteiger partial charge in [0.1, 0.15) is 0 Å². The molecular weight excluding hydrogens is 180 g/mol. The van der Waals surface area contributed by atoms with Crippen LogP contribution in [-0.2, 0) is 6.42 Å². The molecule has 1 aliphatic rings. The summed E-state index contributed by atoms with van der Waals surface area (Å²) < 4.78 is 4.91. The number of hydrogen-bond donors (Lipinski definition) is 2. The first kappa shape index (κ1) is 9.61. The van der Waals surface area contributed by atoms with Gasteiger partial charge in [-0.25, -0.2) is 0 Å². The van der Waals surface area contributed by atoms with E-state index in [4.69, 9.17) is 4.52 Å². The van der Waals surface area contributed by atoms with Gasteiger partial charge in [-0.3, -0.25) is 0 Å². The average molecular weight is 196 g/mol.